The van der Waals surface area contributed by atoms with Crippen molar-refractivity contribution in [2.75, 3.05) is 11.5 Å². The molecule has 1 amide bonds. The molecule has 94 valence electrons. The molecule has 1 fully saturated rings. The Hall–Kier alpha value is -1.03. The van der Waals surface area contributed by atoms with E-state index in [0.717, 1.165) is 17.8 Å². The monoisotopic (exact) mass is 253 g/mol. The highest BCUT2D eigenvalue weighted by Crippen LogP contribution is 2.30. The first-order chi connectivity index (χ1) is 8.33. The van der Waals surface area contributed by atoms with E-state index in [1.54, 1.807) is 11.3 Å². The van der Waals surface area contributed by atoms with E-state index >= 15 is 0 Å². The molecule has 4 heteroatoms. The van der Waals surface area contributed by atoms with Crippen molar-refractivity contribution in [2.24, 2.45) is 0 Å². The van der Waals surface area contributed by atoms with Gasteiger partial charge in [-0.05, 0) is 37.3 Å². The van der Waals surface area contributed by atoms with Gasteiger partial charge in [-0.25, -0.2) is 4.79 Å². The lowest BCUT2D eigenvalue weighted by molar-refractivity contribution is 0.155. The zero-order valence-electron chi connectivity index (χ0n) is 10.2. The van der Waals surface area contributed by atoms with E-state index in [0.29, 0.717) is 12.6 Å². The molecule has 1 heterocycles. The summed E-state index contributed by atoms with van der Waals surface area (Å²) in [6, 6.07) is 4.30. The second-order valence-corrected chi connectivity index (χ2v) is 5.24. The van der Waals surface area contributed by atoms with E-state index in [2.05, 4.69) is 0 Å². The minimum Gasteiger partial charge on any atom is -0.449 e. The van der Waals surface area contributed by atoms with Crippen LogP contribution in [0.1, 0.15) is 39.0 Å². The van der Waals surface area contributed by atoms with Crippen LogP contribution in [0.25, 0.3) is 0 Å². The van der Waals surface area contributed by atoms with Crippen molar-refractivity contribution in [1.82, 2.24) is 0 Å². The Morgan fingerprint density at radius 1 is 1.47 bits per heavy atom. The van der Waals surface area contributed by atoms with Crippen molar-refractivity contribution in [3.63, 3.8) is 0 Å². The van der Waals surface area contributed by atoms with E-state index in [1.807, 2.05) is 29.3 Å². The van der Waals surface area contributed by atoms with Gasteiger partial charge in [0.2, 0.25) is 0 Å². The number of nitrogens with zero attached hydrogens (tertiary/aromatic N) is 1. The average Bonchev–Trinajstić information content (AvgIpc) is 2.85. The largest absolute Gasteiger partial charge is 0.449 e. The highest BCUT2D eigenvalue weighted by Gasteiger charge is 2.28. The zero-order chi connectivity index (χ0) is 12.1. The number of carbonyl (C=O) groups excluding carboxylic acids is 1. The SMILES string of the molecule is CCOC(=O)N(c1cccs1)C1CCCCC1. The van der Waals surface area contributed by atoms with E-state index in [9.17, 15) is 4.79 Å². The summed E-state index contributed by atoms with van der Waals surface area (Å²) < 4.78 is 5.17. The molecular weight excluding hydrogens is 234 g/mol. The van der Waals surface area contributed by atoms with Gasteiger partial charge in [0.25, 0.3) is 0 Å². The first-order valence-corrected chi connectivity index (χ1v) is 7.20. The van der Waals surface area contributed by atoms with E-state index < -0.39 is 0 Å². The van der Waals surface area contributed by atoms with Gasteiger partial charge < -0.3 is 4.74 Å². The second kappa shape index (κ2) is 6.05. The Labute approximate surface area is 106 Å². The van der Waals surface area contributed by atoms with E-state index in [1.165, 1.54) is 19.3 Å². The Balaban J connectivity index is 2.14. The summed E-state index contributed by atoms with van der Waals surface area (Å²) in [6.07, 6.45) is 5.71. The molecule has 1 aromatic rings. The number of thiophene rings is 1. The molecule has 0 unspecified atom stereocenters. The number of hydrogen-bond acceptors (Lipinski definition) is 3. The third-order valence-electron chi connectivity index (χ3n) is 3.15. The Morgan fingerprint density at radius 3 is 2.82 bits per heavy atom. The van der Waals surface area contributed by atoms with Crippen LogP contribution in [0.4, 0.5) is 9.80 Å². The predicted molar refractivity (Wildman–Crippen MR) is 70.7 cm³/mol. The maximum absolute atomic E-state index is 12.1. The Bertz CT molecular complexity index is 344. The van der Waals surface area contributed by atoms with Crippen molar-refractivity contribution in [2.45, 2.75) is 45.1 Å². The number of rotatable bonds is 3. The minimum atomic E-state index is -0.193. The first kappa shape index (κ1) is 12.4. The van der Waals surface area contributed by atoms with Crippen molar-refractivity contribution in [1.29, 1.82) is 0 Å². The smallest absolute Gasteiger partial charge is 0.415 e. The molecule has 0 atom stereocenters. The standard InChI is InChI=1S/C13H19NO2S/c1-2-16-13(15)14(12-9-6-10-17-12)11-7-4-3-5-8-11/h6,9-11H,2-5,7-8H2,1H3. The van der Waals surface area contributed by atoms with Crippen LogP contribution in [0.2, 0.25) is 0 Å². The highest BCUT2D eigenvalue weighted by atomic mass is 32.1. The predicted octanol–water partition coefficient (Wildman–Crippen LogP) is 4.04. The first-order valence-electron chi connectivity index (χ1n) is 6.32. The minimum absolute atomic E-state index is 0.193. The third-order valence-corrected chi connectivity index (χ3v) is 4.02. The summed E-state index contributed by atoms with van der Waals surface area (Å²) in [7, 11) is 0. The molecule has 0 saturated heterocycles. The van der Waals surface area contributed by atoms with Crippen molar-refractivity contribution < 1.29 is 9.53 Å². The van der Waals surface area contributed by atoms with Crippen LogP contribution in [0.3, 0.4) is 0 Å². The lowest BCUT2D eigenvalue weighted by atomic mass is 9.94. The second-order valence-electron chi connectivity index (χ2n) is 4.31. The molecule has 17 heavy (non-hydrogen) atoms. The van der Waals surface area contributed by atoms with Crippen LogP contribution < -0.4 is 4.90 Å². The normalized spacial score (nSPS) is 16.8. The van der Waals surface area contributed by atoms with Crippen molar-refractivity contribution in [3.05, 3.63) is 17.5 Å². The van der Waals surface area contributed by atoms with Crippen LogP contribution in [0.15, 0.2) is 17.5 Å². The fourth-order valence-corrected chi connectivity index (χ4v) is 3.15. The molecule has 1 saturated carbocycles. The van der Waals surface area contributed by atoms with Gasteiger partial charge in [-0.3, -0.25) is 4.90 Å². The fourth-order valence-electron chi connectivity index (χ4n) is 2.36. The summed E-state index contributed by atoms with van der Waals surface area (Å²) in [6.45, 7) is 2.29. The van der Waals surface area contributed by atoms with Gasteiger partial charge in [0.05, 0.1) is 6.61 Å². The Kier molecular flexibility index (Phi) is 4.42. The molecule has 0 aliphatic heterocycles. The molecule has 1 aliphatic carbocycles. The van der Waals surface area contributed by atoms with Gasteiger partial charge in [-0.15, -0.1) is 11.3 Å². The molecule has 0 aromatic carbocycles. The molecule has 0 N–H and O–H groups in total. The summed E-state index contributed by atoms with van der Waals surface area (Å²) >= 11 is 1.60. The van der Waals surface area contributed by atoms with Gasteiger partial charge >= 0.3 is 6.09 Å². The summed E-state index contributed by atoms with van der Waals surface area (Å²) in [5, 5.41) is 3.01. The van der Waals surface area contributed by atoms with Crippen LogP contribution in [0.5, 0.6) is 0 Å². The topological polar surface area (TPSA) is 29.5 Å². The molecule has 1 aromatic heterocycles. The maximum Gasteiger partial charge on any atom is 0.415 e. The van der Waals surface area contributed by atoms with Crippen LogP contribution >= 0.6 is 11.3 Å². The third kappa shape index (κ3) is 3.00. The average molecular weight is 253 g/mol. The molecule has 2 rings (SSSR count). The van der Waals surface area contributed by atoms with Crippen molar-refractivity contribution >= 4 is 22.4 Å². The summed E-state index contributed by atoms with van der Waals surface area (Å²) in [4.78, 5) is 13.9. The lowest BCUT2D eigenvalue weighted by Gasteiger charge is -2.32. The number of ether oxygens (including phenoxy) is 1. The molecule has 3 nitrogen and oxygen atoms in total. The fraction of sp³-hybridized carbons (Fsp3) is 0.615. The lowest BCUT2D eigenvalue weighted by Crippen LogP contribution is -2.41. The Morgan fingerprint density at radius 2 is 2.24 bits per heavy atom. The zero-order valence-corrected chi connectivity index (χ0v) is 11.0. The molecular formula is C13H19NO2S. The van der Waals surface area contributed by atoms with Crippen LogP contribution in [-0.4, -0.2) is 18.7 Å². The van der Waals surface area contributed by atoms with Crippen LogP contribution in [0, 0.1) is 0 Å². The number of hydrogen-bond donors (Lipinski definition) is 0. The number of carbonyl (C=O) groups is 1. The molecule has 1 aliphatic rings. The van der Waals surface area contributed by atoms with Crippen molar-refractivity contribution in [3.8, 4) is 0 Å². The number of amides is 1. The maximum atomic E-state index is 12.1. The van der Waals surface area contributed by atoms with Gasteiger partial charge in [-0.2, -0.15) is 0 Å². The van der Waals surface area contributed by atoms with Gasteiger partial charge in [0.15, 0.2) is 0 Å². The van der Waals surface area contributed by atoms with Gasteiger partial charge in [-0.1, -0.05) is 19.3 Å². The highest BCUT2D eigenvalue weighted by molar-refractivity contribution is 7.14. The molecule has 0 bridgehead atoms. The quantitative estimate of drug-likeness (QED) is 0.813. The number of anilines is 1. The van der Waals surface area contributed by atoms with Gasteiger partial charge in [0, 0.05) is 6.04 Å². The van der Waals surface area contributed by atoms with E-state index in [4.69, 9.17) is 4.74 Å². The molecule has 0 radical (unpaired) electrons. The summed E-state index contributed by atoms with van der Waals surface area (Å²) in [5.74, 6) is 0. The van der Waals surface area contributed by atoms with Gasteiger partial charge in [0.1, 0.15) is 5.00 Å². The van der Waals surface area contributed by atoms with Crippen LogP contribution in [-0.2, 0) is 4.74 Å². The van der Waals surface area contributed by atoms with E-state index in [-0.39, 0.29) is 6.09 Å². The molecule has 0 spiro atoms. The summed E-state index contributed by atoms with van der Waals surface area (Å²) in [5.41, 5.74) is 0.